The molecular formula is C25H20ClN5OS2. The quantitative estimate of drug-likeness (QED) is 0.330. The fourth-order valence-electron chi connectivity index (χ4n) is 4.55. The molecule has 0 amide bonds. The number of thioether (sulfide) groups is 1. The number of hydrogen-bond acceptors (Lipinski definition) is 7. The number of anilines is 1. The summed E-state index contributed by atoms with van der Waals surface area (Å²) in [6.45, 7) is 0. The highest BCUT2D eigenvalue weighted by molar-refractivity contribution is 7.98. The van der Waals surface area contributed by atoms with Crippen molar-refractivity contribution < 1.29 is 4.79 Å². The van der Waals surface area contributed by atoms with Crippen LogP contribution >= 0.6 is 34.7 Å². The normalized spacial score (nSPS) is 19.5. The van der Waals surface area contributed by atoms with Gasteiger partial charge in [0.15, 0.2) is 5.78 Å². The molecule has 0 saturated heterocycles. The van der Waals surface area contributed by atoms with Gasteiger partial charge in [0.1, 0.15) is 6.04 Å². The van der Waals surface area contributed by atoms with Gasteiger partial charge in [-0.05, 0) is 47.7 Å². The van der Waals surface area contributed by atoms with Crippen molar-refractivity contribution in [1.29, 1.82) is 0 Å². The topological polar surface area (TPSA) is 72.7 Å². The second-order valence-electron chi connectivity index (χ2n) is 8.29. The molecular weight excluding hydrogens is 486 g/mol. The minimum absolute atomic E-state index is 0.149. The zero-order valence-corrected chi connectivity index (χ0v) is 20.4. The number of aromatic nitrogens is 4. The molecule has 170 valence electrons. The van der Waals surface area contributed by atoms with Crippen LogP contribution in [0.1, 0.15) is 40.9 Å². The predicted octanol–water partition coefficient (Wildman–Crippen LogP) is 6.10. The third kappa shape index (κ3) is 4.06. The molecule has 9 heteroatoms. The number of hydrogen-bond donors (Lipinski definition) is 1. The van der Waals surface area contributed by atoms with Crippen LogP contribution in [0.15, 0.2) is 82.6 Å². The first-order valence-electron chi connectivity index (χ1n) is 11.0. The van der Waals surface area contributed by atoms with E-state index in [0.717, 1.165) is 28.9 Å². The van der Waals surface area contributed by atoms with Crippen LogP contribution in [0.2, 0.25) is 5.02 Å². The van der Waals surface area contributed by atoms with Gasteiger partial charge in [-0.3, -0.25) is 9.78 Å². The minimum Gasteiger partial charge on any atom is -0.328 e. The van der Waals surface area contributed by atoms with Crippen molar-refractivity contribution in [2.75, 3.05) is 5.32 Å². The zero-order valence-electron chi connectivity index (χ0n) is 18.0. The Morgan fingerprint density at radius 2 is 2.00 bits per heavy atom. The maximum absolute atomic E-state index is 13.5. The van der Waals surface area contributed by atoms with E-state index in [1.807, 2.05) is 53.2 Å². The van der Waals surface area contributed by atoms with E-state index in [1.54, 1.807) is 17.5 Å². The van der Waals surface area contributed by atoms with E-state index in [1.165, 1.54) is 16.6 Å². The number of nitrogens with one attached hydrogen (secondary N) is 1. The average molecular weight is 506 g/mol. The fraction of sp³-hybridized carbons (Fsp3) is 0.200. The lowest BCUT2D eigenvalue weighted by Crippen LogP contribution is -2.33. The first kappa shape index (κ1) is 21.6. The summed E-state index contributed by atoms with van der Waals surface area (Å²) < 4.78 is 1.84. The summed E-state index contributed by atoms with van der Waals surface area (Å²) in [6.07, 6.45) is 3.05. The van der Waals surface area contributed by atoms with E-state index in [0.29, 0.717) is 28.3 Å². The Balaban J connectivity index is 1.37. The van der Waals surface area contributed by atoms with E-state index in [2.05, 4.69) is 21.7 Å². The molecule has 6 nitrogen and oxygen atoms in total. The summed E-state index contributed by atoms with van der Waals surface area (Å²) >= 11 is 9.40. The lowest BCUT2D eigenvalue weighted by atomic mass is 9.80. The molecule has 1 aliphatic carbocycles. The molecule has 3 aromatic heterocycles. The van der Waals surface area contributed by atoms with Gasteiger partial charge < -0.3 is 5.32 Å². The van der Waals surface area contributed by atoms with Crippen molar-refractivity contribution in [3.05, 3.63) is 98.6 Å². The number of allylic oxidation sites excluding steroid dienone is 2. The monoisotopic (exact) mass is 505 g/mol. The van der Waals surface area contributed by atoms with Crippen LogP contribution in [0.5, 0.6) is 0 Å². The van der Waals surface area contributed by atoms with Gasteiger partial charge in [-0.1, -0.05) is 47.6 Å². The van der Waals surface area contributed by atoms with E-state index in [-0.39, 0.29) is 17.7 Å². The van der Waals surface area contributed by atoms with Crippen LogP contribution < -0.4 is 5.32 Å². The predicted molar refractivity (Wildman–Crippen MR) is 135 cm³/mol. The Hall–Kier alpha value is -2.94. The molecule has 4 aromatic rings. The van der Waals surface area contributed by atoms with Crippen LogP contribution in [0.3, 0.4) is 0 Å². The Kier molecular flexibility index (Phi) is 5.72. The zero-order chi connectivity index (χ0) is 23.1. The molecule has 2 atom stereocenters. The molecule has 1 aromatic carbocycles. The van der Waals surface area contributed by atoms with Crippen LogP contribution in [0.25, 0.3) is 0 Å². The third-order valence-corrected chi connectivity index (χ3v) is 8.26. The van der Waals surface area contributed by atoms with Crippen molar-refractivity contribution >= 4 is 46.4 Å². The van der Waals surface area contributed by atoms with Gasteiger partial charge >= 0.3 is 0 Å². The highest BCUT2D eigenvalue weighted by Gasteiger charge is 2.40. The molecule has 2 aliphatic rings. The highest BCUT2D eigenvalue weighted by Crippen LogP contribution is 2.45. The number of ketones is 1. The van der Waals surface area contributed by atoms with Gasteiger partial charge in [0.05, 0.1) is 5.69 Å². The molecule has 0 unspecified atom stereocenters. The van der Waals surface area contributed by atoms with Gasteiger partial charge in [0, 0.05) is 45.5 Å². The fourth-order valence-corrected chi connectivity index (χ4v) is 6.25. The molecule has 4 heterocycles. The maximum Gasteiger partial charge on any atom is 0.227 e. The van der Waals surface area contributed by atoms with Gasteiger partial charge in [-0.25, -0.2) is 4.68 Å². The number of halogens is 1. The van der Waals surface area contributed by atoms with Crippen LogP contribution in [-0.4, -0.2) is 25.5 Å². The van der Waals surface area contributed by atoms with Gasteiger partial charge in [-0.15, -0.1) is 16.4 Å². The molecule has 1 aliphatic heterocycles. The Morgan fingerprint density at radius 1 is 1.12 bits per heavy atom. The molecule has 0 bridgehead atoms. The number of fused-ring (bicyclic) bond motifs is 1. The molecule has 1 N–H and O–H groups in total. The summed E-state index contributed by atoms with van der Waals surface area (Å²) in [5, 5.41) is 11.6. The van der Waals surface area contributed by atoms with E-state index in [4.69, 9.17) is 21.7 Å². The smallest absolute Gasteiger partial charge is 0.227 e. The van der Waals surface area contributed by atoms with E-state index in [9.17, 15) is 4.79 Å². The summed E-state index contributed by atoms with van der Waals surface area (Å²) in [4.78, 5) is 23.9. The number of rotatable bonds is 5. The maximum atomic E-state index is 13.5. The van der Waals surface area contributed by atoms with Crippen molar-refractivity contribution in [2.24, 2.45) is 0 Å². The van der Waals surface area contributed by atoms with Crippen molar-refractivity contribution in [3.63, 3.8) is 0 Å². The third-order valence-electron chi connectivity index (χ3n) is 6.11. The summed E-state index contributed by atoms with van der Waals surface area (Å²) in [7, 11) is 0. The number of carbonyl (C=O) groups excluding carboxylic acids is 1. The number of benzene rings is 1. The molecule has 6 rings (SSSR count). The summed E-state index contributed by atoms with van der Waals surface area (Å²) in [5.41, 5.74) is 3.65. The molecule has 34 heavy (non-hydrogen) atoms. The number of Topliss-reactive ketones (excluding diaryl/α,β-unsaturated/α-hetero) is 1. The van der Waals surface area contributed by atoms with Gasteiger partial charge in [0.25, 0.3) is 0 Å². The summed E-state index contributed by atoms with van der Waals surface area (Å²) in [5.74, 6) is 1.65. The second kappa shape index (κ2) is 9.02. The van der Waals surface area contributed by atoms with Crippen molar-refractivity contribution in [1.82, 2.24) is 19.7 Å². The van der Waals surface area contributed by atoms with Crippen LogP contribution in [-0.2, 0) is 10.5 Å². The molecule has 0 fully saturated rings. The first-order valence-corrected chi connectivity index (χ1v) is 13.2. The average Bonchev–Trinajstić information content (AvgIpc) is 3.53. The second-order valence-corrected chi connectivity index (χ2v) is 10.6. The number of carbonyl (C=O) groups is 1. The Morgan fingerprint density at radius 3 is 2.76 bits per heavy atom. The Labute approximate surface area is 210 Å². The lowest BCUT2D eigenvalue weighted by Gasteiger charge is -2.34. The molecule has 0 spiro atoms. The minimum atomic E-state index is -0.336. The molecule has 0 saturated carbocycles. The standard InChI is InChI=1S/C25H20ClN5OS2/c26-17-8-6-15(7-9-17)23-22-19(12-16(13-20(22)32)21-5-3-11-33-21)28-24-29-25(30-31(23)24)34-14-18-4-1-2-10-27-18/h1-11,16,23H,12-14H2,(H,28,29,30)/t16-,23-/m0/s1. The number of thiophene rings is 1. The number of nitrogens with zero attached hydrogens (tertiary/aromatic N) is 4. The van der Waals surface area contributed by atoms with E-state index < -0.39 is 0 Å². The van der Waals surface area contributed by atoms with Crippen LogP contribution in [0.4, 0.5) is 5.95 Å². The Bertz CT molecular complexity index is 1370. The largest absolute Gasteiger partial charge is 0.328 e. The van der Waals surface area contributed by atoms with E-state index >= 15 is 0 Å². The van der Waals surface area contributed by atoms with Crippen LogP contribution in [0, 0.1) is 0 Å². The molecule has 0 radical (unpaired) electrons. The highest BCUT2D eigenvalue weighted by atomic mass is 35.5. The SMILES string of the molecule is O=C1C[C@@H](c2cccs2)CC2=C1[C@H](c1ccc(Cl)cc1)n1nc(SCc3ccccn3)nc1N2. The number of pyridine rings is 1. The van der Waals surface area contributed by atoms with Gasteiger partial charge in [0.2, 0.25) is 11.1 Å². The van der Waals surface area contributed by atoms with Gasteiger partial charge in [-0.2, -0.15) is 4.98 Å². The van der Waals surface area contributed by atoms with Crippen molar-refractivity contribution in [2.45, 2.75) is 35.7 Å². The summed E-state index contributed by atoms with van der Waals surface area (Å²) in [6, 6.07) is 17.3. The van der Waals surface area contributed by atoms with Crippen molar-refractivity contribution in [3.8, 4) is 0 Å². The first-order chi connectivity index (χ1) is 16.7. The lowest BCUT2D eigenvalue weighted by molar-refractivity contribution is -0.116.